The minimum atomic E-state index is -0.385. The predicted molar refractivity (Wildman–Crippen MR) is 92.5 cm³/mol. The molecule has 23 heavy (non-hydrogen) atoms. The van der Waals surface area contributed by atoms with Gasteiger partial charge in [-0.2, -0.15) is 0 Å². The summed E-state index contributed by atoms with van der Waals surface area (Å²) in [5, 5.41) is 2.94. The van der Waals surface area contributed by atoms with Crippen LogP contribution < -0.4 is 5.32 Å². The van der Waals surface area contributed by atoms with Crippen molar-refractivity contribution in [3.05, 3.63) is 29.3 Å². The number of para-hydroxylation sites is 1. The monoisotopic (exact) mass is 320 g/mol. The lowest BCUT2D eigenvalue weighted by Gasteiger charge is -2.25. The van der Waals surface area contributed by atoms with Crippen molar-refractivity contribution in [3.63, 3.8) is 0 Å². The lowest BCUT2D eigenvalue weighted by molar-refractivity contribution is -0.149. The summed E-state index contributed by atoms with van der Waals surface area (Å²) in [5.41, 5.74) is 2.89. The number of hydrogen-bond acceptors (Lipinski definition) is 4. The van der Waals surface area contributed by atoms with Crippen LogP contribution in [0.1, 0.15) is 37.8 Å². The normalized spacial score (nSPS) is 12.1. The average molecular weight is 320 g/mol. The Morgan fingerprint density at radius 2 is 1.83 bits per heavy atom. The van der Waals surface area contributed by atoms with Crippen molar-refractivity contribution in [1.82, 2.24) is 4.90 Å². The first-order chi connectivity index (χ1) is 10.9. The van der Waals surface area contributed by atoms with Crippen LogP contribution in [0.2, 0.25) is 0 Å². The van der Waals surface area contributed by atoms with Crippen molar-refractivity contribution in [2.45, 2.75) is 46.6 Å². The number of hydrogen-bond donors (Lipinski definition) is 1. The Balaban J connectivity index is 2.72. The molecular weight excluding hydrogens is 292 g/mol. The number of esters is 1. The molecule has 0 aliphatic carbocycles. The molecule has 0 saturated carbocycles. The minimum Gasteiger partial charge on any atom is -0.465 e. The molecule has 1 aromatic rings. The molecule has 1 amide bonds. The van der Waals surface area contributed by atoms with E-state index in [1.54, 1.807) is 18.9 Å². The van der Waals surface area contributed by atoms with Crippen LogP contribution in [0.25, 0.3) is 0 Å². The highest BCUT2D eigenvalue weighted by Gasteiger charge is 2.25. The second-order valence-corrected chi connectivity index (χ2v) is 5.79. The number of rotatable bonds is 8. The SMILES string of the molecule is CCC[C@@H](C(=O)OCC)N(C)CC(=O)Nc1c(C)cccc1C. The van der Waals surface area contributed by atoms with E-state index < -0.39 is 0 Å². The van der Waals surface area contributed by atoms with Gasteiger partial charge in [0.1, 0.15) is 6.04 Å². The van der Waals surface area contributed by atoms with Gasteiger partial charge in [0, 0.05) is 5.69 Å². The maximum absolute atomic E-state index is 12.3. The molecule has 0 fully saturated rings. The van der Waals surface area contributed by atoms with Crippen molar-refractivity contribution in [1.29, 1.82) is 0 Å². The van der Waals surface area contributed by atoms with E-state index in [1.165, 1.54) is 0 Å². The summed E-state index contributed by atoms with van der Waals surface area (Å²) < 4.78 is 5.10. The predicted octanol–water partition coefficient (Wildman–Crippen LogP) is 2.91. The van der Waals surface area contributed by atoms with E-state index in [0.29, 0.717) is 13.0 Å². The molecule has 128 valence electrons. The molecule has 0 aromatic heterocycles. The fourth-order valence-electron chi connectivity index (χ4n) is 2.56. The molecular formula is C18H28N2O3. The number of benzene rings is 1. The molecule has 0 radical (unpaired) electrons. The summed E-state index contributed by atoms with van der Waals surface area (Å²) in [4.78, 5) is 26.1. The first kappa shape index (κ1) is 19.2. The molecule has 1 atom stereocenters. The highest BCUT2D eigenvalue weighted by atomic mass is 16.5. The summed E-state index contributed by atoms with van der Waals surface area (Å²) in [6.45, 7) is 8.22. The van der Waals surface area contributed by atoms with E-state index >= 15 is 0 Å². The maximum Gasteiger partial charge on any atom is 0.323 e. The zero-order valence-corrected chi connectivity index (χ0v) is 14.8. The van der Waals surface area contributed by atoms with Gasteiger partial charge in [-0.25, -0.2) is 0 Å². The number of ether oxygens (including phenoxy) is 1. The van der Waals surface area contributed by atoms with Crippen LogP contribution in [0.15, 0.2) is 18.2 Å². The van der Waals surface area contributed by atoms with E-state index in [1.807, 2.05) is 39.0 Å². The van der Waals surface area contributed by atoms with Crippen molar-refractivity contribution >= 4 is 17.6 Å². The van der Waals surface area contributed by atoms with Crippen LogP contribution in [-0.2, 0) is 14.3 Å². The fourth-order valence-corrected chi connectivity index (χ4v) is 2.56. The Kier molecular flexibility index (Phi) is 7.75. The molecule has 0 spiro atoms. The van der Waals surface area contributed by atoms with E-state index in [2.05, 4.69) is 5.32 Å². The molecule has 0 aliphatic heterocycles. The largest absolute Gasteiger partial charge is 0.465 e. The summed E-state index contributed by atoms with van der Waals surface area (Å²) in [6, 6.07) is 5.50. The van der Waals surface area contributed by atoms with Gasteiger partial charge in [-0.3, -0.25) is 14.5 Å². The molecule has 0 unspecified atom stereocenters. The van der Waals surface area contributed by atoms with Crippen molar-refractivity contribution in [3.8, 4) is 0 Å². The first-order valence-electron chi connectivity index (χ1n) is 8.13. The number of likely N-dealkylation sites (N-methyl/N-ethyl adjacent to an activating group) is 1. The molecule has 1 N–H and O–H groups in total. The number of amides is 1. The van der Waals surface area contributed by atoms with Gasteiger partial charge in [0.15, 0.2) is 0 Å². The Morgan fingerprint density at radius 3 is 2.35 bits per heavy atom. The van der Waals surface area contributed by atoms with Gasteiger partial charge in [-0.15, -0.1) is 0 Å². The van der Waals surface area contributed by atoms with Crippen molar-refractivity contribution < 1.29 is 14.3 Å². The van der Waals surface area contributed by atoms with E-state index in [9.17, 15) is 9.59 Å². The number of carbonyl (C=O) groups is 2. The fraction of sp³-hybridized carbons (Fsp3) is 0.556. The molecule has 0 aliphatic rings. The Morgan fingerprint density at radius 1 is 1.22 bits per heavy atom. The molecule has 0 bridgehead atoms. The third-order valence-corrected chi connectivity index (χ3v) is 3.79. The van der Waals surface area contributed by atoms with Gasteiger partial charge in [0.05, 0.1) is 13.2 Å². The highest BCUT2D eigenvalue weighted by Crippen LogP contribution is 2.19. The van der Waals surface area contributed by atoms with Gasteiger partial charge in [0.2, 0.25) is 5.91 Å². The van der Waals surface area contributed by atoms with E-state index in [0.717, 1.165) is 23.2 Å². The highest BCUT2D eigenvalue weighted by molar-refractivity contribution is 5.94. The number of nitrogens with zero attached hydrogens (tertiary/aromatic N) is 1. The summed E-state index contributed by atoms with van der Waals surface area (Å²) in [7, 11) is 1.78. The second kappa shape index (κ2) is 9.30. The van der Waals surface area contributed by atoms with Crippen LogP contribution in [-0.4, -0.2) is 43.0 Å². The summed E-state index contributed by atoms with van der Waals surface area (Å²) >= 11 is 0. The third-order valence-electron chi connectivity index (χ3n) is 3.79. The van der Waals surface area contributed by atoms with E-state index in [-0.39, 0.29) is 24.5 Å². The Hall–Kier alpha value is -1.88. The minimum absolute atomic E-state index is 0.129. The van der Waals surface area contributed by atoms with Gasteiger partial charge in [0.25, 0.3) is 0 Å². The number of nitrogens with one attached hydrogen (secondary N) is 1. The van der Waals surface area contributed by atoms with Gasteiger partial charge in [-0.1, -0.05) is 31.5 Å². The lowest BCUT2D eigenvalue weighted by atomic mass is 10.1. The standard InChI is InChI=1S/C18H28N2O3/c1-6-9-15(18(22)23-7-2)20(5)12-16(21)19-17-13(3)10-8-11-14(17)4/h8,10-11,15H,6-7,9,12H2,1-5H3,(H,19,21)/t15-/m0/s1. The van der Waals surface area contributed by atoms with Crippen LogP contribution in [0, 0.1) is 13.8 Å². The topological polar surface area (TPSA) is 58.6 Å². The third kappa shape index (κ3) is 5.67. The molecule has 1 aromatic carbocycles. The summed E-state index contributed by atoms with van der Waals surface area (Å²) in [6.07, 6.45) is 1.53. The van der Waals surface area contributed by atoms with Gasteiger partial charge >= 0.3 is 5.97 Å². The number of anilines is 1. The van der Waals surface area contributed by atoms with Gasteiger partial charge < -0.3 is 10.1 Å². The molecule has 5 nitrogen and oxygen atoms in total. The average Bonchev–Trinajstić information content (AvgIpc) is 2.48. The molecule has 0 heterocycles. The van der Waals surface area contributed by atoms with Crippen LogP contribution in [0.4, 0.5) is 5.69 Å². The number of carbonyl (C=O) groups excluding carboxylic acids is 2. The summed E-state index contributed by atoms with van der Waals surface area (Å²) in [5.74, 6) is -0.396. The molecule has 0 saturated heterocycles. The zero-order valence-electron chi connectivity index (χ0n) is 14.8. The Labute approximate surface area is 139 Å². The molecule has 1 rings (SSSR count). The Bertz CT molecular complexity index is 523. The van der Waals surface area contributed by atoms with Crippen LogP contribution >= 0.6 is 0 Å². The number of aryl methyl sites for hydroxylation is 2. The second-order valence-electron chi connectivity index (χ2n) is 5.79. The van der Waals surface area contributed by atoms with Crippen LogP contribution in [0.3, 0.4) is 0 Å². The van der Waals surface area contributed by atoms with Crippen molar-refractivity contribution in [2.24, 2.45) is 0 Å². The lowest BCUT2D eigenvalue weighted by Crippen LogP contribution is -2.43. The van der Waals surface area contributed by atoms with Crippen molar-refractivity contribution in [2.75, 3.05) is 25.5 Å². The quantitative estimate of drug-likeness (QED) is 0.748. The maximum atomic E-state index is 12.3. The molecule has 5 heteroatoms. The van der Waals surface area contributed by atoms with Gasteiger partial charge in [-0.05, 0) is 45.4 Å². The smallest absolute Gasteiger partial charge is 0.323 e. The zero-order chi connectivity index (χ0) is 17.4. The van der Waals surface area contributed by atoms with E-state index in [4.69, 9.17) is 4.74 Å². The first-order valence-corrected chi connectivity index (χ1v) is 8.13. The van der Waals surface area contributed by atoms with Crippen LogP contribution in [0.5, 0.6) is 0 Å².